The van der Waals surface area contributed by atoms with Gasteiger partial charge < -0.3 is 15.2 Å². The van der Waals surface area contributed by atoms with Crippen molar-refractivity contribution >= 4 is 0 Å². The van der Waals surface area contributed by atoms with E-state index in [0.29, 0.717) is 16.9 Å². The highest BCUT2D eigenvalue weighted by atomic mass is 19.1. The number of halogens is 2. The Morgan fingerprint density at radius 2 is 1.57 bits per heavy atom. The monoisotopic (exact) mass is 293 g/mol. The summed E-state index contributed by atoms with van der Waals surface area (Å²) >= 11 is 0. The fourth-order valence-electron chi connectivity index (χ4n) is 2.09. The molecule has 0 aliphatic carbocycles. The summed E-state index contributed by atoms with van der Waals surface area (Å²) in [4.78, 5) is 0. The van der Waals surface area contributed by atoms with Gasteiger partial charge in [0.1, 0.15) is 11.6 Å². The van der Waals surface area contributed by atoms with E-state index in [4.69, 9.17) is 15.2 Å². The second-order valence-electron chi connectivity index (χ2n) is 4.71. The molecule has 1 atom stereocenters. The van der Waals surface area contributed by atoms with E-state index >= 15 is 0 Å². The molecule has 0 fully saturated rings. The summed E-state index contributed by atoms with van der Waals surface area (Å²) in [6.07, 6.45) is 0. The average molecular weight is 293 g/mol. The predicted molar refractivity (Wildman–Crippen MR) is 76.7 cm³/mol. The van der Waals surface area contributed by atoms with E-state index in [9.17, 15) is 8.78 Å². The van der Waals surface area contributed by atoms with Crippen molar-refractivity contribution in [2.45, 2.75) is 13.0 Å². The topological polar surface area (TPSA) is 44.5 Å². The van der Waals surface area contributed by atoms with Crippen LogP contribution < -0.4 is 15.2 Å². The average Bonchev–Trinajstić information content (AvgIpc) is 2.49. The zero-order valence-electron chi connectivity index (χ0n) is 12.1. The van der Waals surface area contributed by atoms with Crippen molar-refractivity contribution in [2.24, 2.45) is 5.73 Å². The van der Waals surface area contributed by atoms with Crippen LogP contribution in [-0.4, -0.2) is 14.2 Å². The summed E-state index contributed by atoms with van der Waals surface area (Å²) in [5.74, 6) is -0.247. The molecular weight excluding hydrogens is 276 g/mol. The maximum atomic E-state index is 14.2. The van der Waals surface area contributed by atoms with E-state index in [-0.39, 0.29) is 17.1 Å². The number of hydrogen-bond acceptors (Lipinski definition) is 3. The normalized spacial score (nSPS) is 12.1. The highest BCUT2D eigenvalue weighted by Gasteiger charge is 2.18. The van der Waals surface area contributed by atoms with Gasteiger partial charge in [0.05, 0.1) is 20.3 Å². The molecule has 2 aromatic carbocycles. The molecule has 0 heterocycles. The Balaban J connectivity index is 2.47. The summed E-state index contributed by atoms with van der Waals surface area (Å²) in [5.41, 5.74) is 7.27. The lowest BCUT2D eigenvalue weighted by molar-refractivity contribution is 0.351. The Morgan fingerprint density at radius 3 is 2.14 bits per heavy atom. The third kappa shape index (κ3) is 2.97. The quantitative estimate of drug-likeness (QED) is 0.940. The van der Waals surface area contributed by atoms with Gasteiger partial charge in [-0.3, -0.25) is 0 Å². The molecule has 0 aliphatic rings. The lowest BCUT2D eigenvalue weighted by Crippen LogP contribution is -2.14. The van der Waals surface area contributed by atoms with Gasteiger partial charge in [0.2, 0.25) is 0 Å². The van der Waals surface area contributed by atoms with Crippen LogP contribution in [0.3, 0.4) is 0 Å². The van der Waals surface area contributed by atoms with E-state index in [1.165, 1.54) is 32.4 Å². The third-order valence-electron chi connectivity index (χ3n) is 3.39. The number of aryl methyl sites for hydroxylation is 1. The summed E-state index contributed by atoms with van der Waals surface area (Å²) in [6.45, 7) is 1.65. The van der Waals surface area contributed by atoms with E-state index in [1.807, 2.05) is 0 Å². The van der Waals surface area contributed by atoms with E-state index in [0.717, 1.165) is 0 Å². The zero-order chi connectivity index (χ0) is 15.6. The Kier molecular flexibility index (Phi) is 4.43. The summed E-state index contributed by atoms with van der Waals surface area (Å²) in [5, 5.41) is 0. The van der Waals surface area contributed by atoms with Crippen LogP contribution in [-0.2, 0) is 0 Å². The lowest BCUT2D eigenvalue weighted by Gasteiger charge is -2.17. The third-order valence-corrected chi connectivity index (χ3v) is 3.39. The minimum Gasteiger partial charge on any atom is -0.493 e. The molecule has 5 heteroatoms. The maximum absolute atomic E-state index is 14.2. The Hall–Kier alpha value is -2.14. The first-order valence-electron chi connectivity index (χ1n) is 6.41. The van der Waals surface area contributed by atoms with Crippen LogP contribution >= 0.6 is 0 Å². The maximum Gasteiger partial charge on any atom is 0.163 e. The number of benzene rings is 2. The molecule has 0 aliphatic heterocycles. The molecule has 2 aromatic rings. The van der Waals surface area contributed by atoms with E-state index < -0.39 is 11.9 Å². The smallest absolute Gasteiger partial charge is 0.163 e. The largest absolute Gasteiger partial charge is 0.493 e. The molecule has 0 amide bonds. The fourth-order valence-corrected chi connectivity index (χ4v) is 2.09. The van der Waals surface area contributed by atoms with Crippen LogP contribution in [0.5, 0.6) is 11.5 Å². The van der Waals surface area contributed by atoms with Crippen molar-refractivity contribution in [3.8, 4) is 11.5 Å². The Morgan fingerprint density at radius 1 is 0.952 bits per heavy atom. The lowest BCUT2D eigenvalue weighted by atomic mass is 9.97. The van der Waals surface area contributed by atoms with Gasteiger partial charge in [-0.1, -0.05) is 12.1 Å². The van der Waals surface area contributed by atoms with Crippen LogP contribution in [0.2, 0.25) is 0 Å². The number of nitrogens with two attached hydrogens (primary N) is 1. The van der Waals surface area contributed by atoms with Crippen molar-refractivity contribution in [3.05, 3.63) is 58.7 Å². The van der Waals surface area contributed by atoms with Gasteiger partial charge in [0.15, 0.2) is 11.5 Å². The first-order chi connectivity index (χ1) is 9.97. The summed E-state index contributed by atoms with van der Waals surface area (Å²) < 4.78 is 38.0. The Bertz CT molecular complexity index is 659. The predicted octanol–water partition coefficient (Wildman–Crippen LogP) is 3.34. The minimum atomic E-state index is -0.792. The van der Waals surface area contributed by atoms with Crippen molar-refractivity contribution in [1.82, 2.24) is 0 Å². The molecule has 3 nitrogen and oxygen atoms in total. The minimum absolute atomic E-state index is 0.218. The molecule has 0 bridgehead atoms. The van der Waals surface area contributed by atoms with E-state index in [2.05, 4.69) is 0 Å². The first-order valence-corrected chi connectivity index (χ1v) is 6.41. The second-order valence-corrected chi connectivity index (χ2v) is 4.71. The summed E-state index contributed by atoms with van der Waals surface area (Å²) in [7, 11) is 2.88. The zero-order valence-corrected chi connectivity index (χ0v) is 12.1. The van der Waals surface area contributed by atoms with Crippen LogP contribution in [0, 0.1) is 18.6 Å². The van der Waals surface area contributed by atoms with Gasteiger partial charge in [0.25, 0.3) is 0 Å². The van der Waals surface area contributed by atoms with E-state index in [1.54, 1.807) is 19.1 Å². The SMILES string of the molecule is COc1cc(F)c(C(N)c2ccc(C)c(F)c2)cc1OC. The second kappa shape index (κ2) is 6.10. The molecule has 1 unspecified atom stereocenters. The van der Waals surface area contributed by atoms with Crippen LogP contribution in [0.15, 0.2) is 30.3 Å². The van der Waals surface area contributed by atoms with Gasteiger partial charge in [-0.2, -0.15) is 0 Å². The number of ether oxygens (including phenoxy) is 2. The Labute approximate surface area is 122 Å². The molecule has 0 aromatic heterocycles. The highest BCUT2D eigenvalue weighted by molar-refractivity contribution is 5.46. The van der Waals surface area contributed by atoms with Crippen molar-refractivity contribution in [1.29, 1.82) is 0 Å². The van der Waals surface area contributed by atoms with Crippen LogP contribution in [0.25, 0.3) is 0 Å². The molecule has 0 radical (unpaired) electrons. The first kappa shape index (κ1) is 15.3. The van der Waals surface area contributed by atoms with Gasteiger partial charge in [-0.25, -0.2) is 8.78 Å². The van der Waals surface area contributed by atoms with Crippen LogP contribution in [0.1, 0.15) is 22.7 Å². The molecule has 0 saturated carbocycles. The molecule has 2 N–H and O–H groups in total. The van der Waals surface area contributed by atoms with Gasteiger partial charge in [-0.05, 0) is 30.2 Å². The molecule has 21 heavy (non-hydrogen) atoms. The van der Waals surface area contributed by atoms with Gasteiger partial charge in [-0.15, -0.1) is 0 Å². The molecule has 0 saturated heterocycles. The van der Waals surface area contributed by atoms with Crippen molar-refractivity contribution in [3.63, 3.8) is 0 Å². The molecule has 0 spiro atoms. The molecular formula is C16H17F2NO2. The number of rotatable bonds is 4. The highest BCUT2D eigenvalue weighted by Crippen LogP contribution is 2.33. The standard InChI is InChI=1S/C16H17F2NO2/c1-9-4-5-10(6-12(9)17)16(19)11-7-14(20-2)15(21-3)8-13(11)18/h4-8,16H,19H2,1-3H3. The molecule has 2 rings (SSSR count). The summed E-state index contributed by atoms with van der Waals surface area (Å²) in [6, 6.07) is 6.49. The van der Waals surface area contributed by atoms with Crippen molar-refractivity contribution in [2.75, 3.05) is 14.2 Å². The number of hydrogen-bond donors (Lipinski definition) is 1. The fraction of sp³-hybridized carbons (Fsp3) is 0.250. The van der Waals surface area contributed by atoms with Crippen LogP contribution in [0.4, 0.5) is 8.78 Å². The molecule has 112 valence electrons. The van der Waals surface area contributed by atoms with Gasteiger partial charge in [0, 0.05) is 11.6 Å². The number of methoxy groups -OCH3 is 2. The van der Waals surface area contributed by atoms with Gasteiger partial charge >= 0.3 is 0 Å². The van der Waals surface area contributed by atoms with Crippen molar-refractivity contribution < 1.29 is 18.3 Å².